The molecule has 4 heterocycles. The molecule has 202 valence electrons. The number of carbonyl (C=O) groups is 1. The number of pyridine rings is 1. The van der Waals surface area contributed by atoms with Crippen LogP contribution in [0, 0.1) is 11.8 Å². The van der Waals surface area contributed by atoms with Gasteiger partial charge in [0, 0.05) is 36.1 Å². The van der Waals surface area contributed by atoms with E-state index >= 15 is 0 Å². The molecule has 0 saturated carbocycles. The number of aromatic amines is 1. The van der Waals surface area contributed by atoms with E-state index in [0.717, 1.165) is 0 Å². The average molecular weight is 545 g/mol. The van der Waals surface area contributed by atoms with E-state index in [1.165, 1.54) is 21.5 Å². The molecule has 1 atom stereocenters. The summed E-state index contributed by atoms with van der Waals surface area (Å²) in [5, 5.41) is 10.6. The quantitative estimate of drug-likeness (QED) is 0.254. The highest BCUT2D eigenvalue weighted by molar-refractivity contribution is 6.04. The van der Waals surface area contributed by atoms with Gasteiger partial charge in [0.05, 0.1) is 22.6 Å². The van der Waals surface area contributed by atoms with Gasteiger partial charge in [-0.3, -0.25) is 19.0 Å². The molecule has 1 aliphatic rings. The molecule has 1 aliphatic heterocycles. The van der Waals surface area contributed by atoms with Gasteiger partial charge in [-0.1, -0.05) is 36.1 Å². The average Bonchev–Trinajstić information content (AvgIpc) is 3.32. The van der Waals surface area contributed by atoms with Crippen molar-refractivity contribution in [3.05, 3.63) is 116 Å². The molecule has 0 fully saturated rings. The molecule has 0 spiro atoms. The molecular weight excluding hydrogens is 520 g/mol. The van der Waals surface area contributed by atoms with E-state index < -0.39 is 11.9 Å². The van der Waals surface area contributed by atoms with Crippen LogP contribution in [0.25, 0.3) is 22.8 Å². The molecule has 1 amide bonds. The van der Waals surface area contributed by atoms with Crippen LogP contribution in [-0.4, -0.2) is 36.8 Å². The van der Waals surface area contributed by atoms with E-state index in [0.29, 0.717) is 45.9 Å². The number of H-pyrrole nitrogens is 1. The number of aromatic nitrogens is 5. The Hall–Kier alpha value is -5.89. The lowest BCUT2D eigenvalue weighted by Gasteiger charge is -2.20. The van der Waals surface area contributed by atoms with Crippen LogP contribution in [0.5, 0.6) is 0 Å². The van der Waals surface area contributed by atoms with Crippen LogP contribution >= 0.6 is 0 Å². The van der Waals surface area contributed by atoms with Gasteiger partial charge in [-0.15, -0.1) is 5.10 Å². The number of hydrogen-bond acceptors (Lipinski definition) is 7. The van der Waals surface area contributed by atoms with Gasteiger partial charge in [0.2, 0.25) is 5.56 Å². The maximum absolute atomic E-state index is 14.1. The molecule has 0 saturated heterocycles. The molecule has 3 aromatic heterocycles. The molecule has 2 aromatic carbocycles. The third-order valence-electron chi connectivity index (χ3n) is 6.59. The monoisotopic (exact) mass is 544 g/mol. The van der Waals surface area contributed by atoms with Crippen LogP contribution in [0.1, 0.15) is 40.3 Å². The molecule has 5 aromatic rings. The smallest absolute Gasteiger partial charge is 0.267 e. The summed E-state index contributed by atoms with van der Waals surface area (Å²) in [6, 6.07) is 16.7. The van der Waals surface area contributed by atoms with Crippen molar-refractivity contribution >= 4 is 34.6 Å². The maximum Gasteiger partial charge on any atom is 0.267 e. The third-order valence-corrected chi connectivity index (χ3v) is 6.59. The Kier molecular flexibility index (Phi) is 6.41. The maximum atomic E-state index is 14.1. The number of hydrogen-bond donors (Lipinski definition) is 4. The number of nitrogens with two attached hydrogens (primary N) is 1. The van der Waals surface area contributed by atoms with Crippen molar-refractivity contribution in [2.45, 2.75) is 13.0 Å². The summed E-state index contributed by atoms with van der Waals surface area (Å²) < 4.78 is 2.99. The predicted molar refractivity (Wildman–Crippen MR) is 157 cm³/mol. The number of nitrogen functional groups attached to an aromatic ring is 1. The second-order valence-corrected chi connectivity index (χ2v) is 9.35. The van der Waals surface area contributed by atoms with E-state index in [9.17, 15) is 14.4 Å². The largest absolute Gasteiger partial charge is 0.381 e. The number of amides is 1. The Morgan fingerprint density at radius 1 is 1.10 bits per heavy atom. The lowest BCUT2D eigenvalue weighted by molar-refractivity contribution is 0.0939. The van der Waals surface area contributed by atoms with Crippen molar-refractivity contribution in [2.24, 2.45) is 0 Å². The fourth-order valence-corrected chi connectivity index (χ4v) is 4.72. The number of fused-ring (bicyclic) bond motifs is 2. The van der Waals surface area contributed by atoms with Gasteiger partial charge in [-0.2, -0.15) is 0 Å². The van der Waals surface area contributed by atoms with Crippen LogP contribution < -0.4 is 27.5 Å². The number of para-hydroxylation sites is 1. The van der Waals surface area contributed by atoms with Crippen molar-refractivity contribution < 1.29 is 4.79 Å². The Bertz CT molecular complexity index is 2030. The molecule has 0 aliphatic carbocycles. The van der Waals surface area contributed by atoms with Crippen molar-refractivity contribution in [3.8, 4) is 17.5 Å². The summed E-state index contributed by atoms with van der Waals surface area (Å²) in [5.74, 6) is 6.43. The highest BCUT2D eigenvalue weighted by Gasteiger charge is 2.26. The molecule has 0 radical (unpaired) electrons. The first-order chi connectivity index (χ1) is 19.9. The van der Waals surface area contributed by atoms with Gasteiger partial charge in [0.1, 0.15) is 17.2 Å². The van der Waals surface area contributed by atoms with E-state index in [1.807, 2.05) is 24.3 Å². The molecule has 41 heavy (non-hydrogen) atoms. The second-order valence-electron chi connectivity index (χ2n) is 9.35. The van der Waals surface area contributed by atoms with Crippen LogP contribution in [-0.2, 0) is 0 Å². The minimum atomic E-state index is -0.695. The standard InChI is InChI=1S/C30H24N8O3/c1-18(34-29(40)25-26(31)36-37-16-6-14-33-28(25)37)27-35-22-10-5-7-20(12-11-19-13-15-32-23(39)17-19)24(22)30(41)38(27)21-8-3-2-4-9-21/h2-10,13,15-18,33H,14H2,1H3,(H2,31,36)(H,32,39)(H,34,40). The van der Waals surface area contributed by atoms with Gasteiger partial charge in [-0.05, 0) is 43.3 Å². The molecule has 6 rings (SSSR count). The summed E-state index contributed by atoms with van der Waals surface area (Å²) in [6.07, 6.45) is 5.11. The van der Waals surface area contributed by atoms with Crippen LogP contribution in [0.15, 0.2) is 82.5 Å². The minimum Gasteiger partial charge on any atom is -0.381 e. The molecule has 0 bridgehead atoms. The van der Waals surface area contributed by atoms with Crippen LogP contribution in [0.2, 0.25) is 0 Å². The number of benzene rings is 2. The lowest BCUT2D eigenvalue weighted by Crippen LogP contribution is -2.34. The highest BCUT2D eigenvalue weighted by Crippen LogP contribution is 2.26. The summed E-state index contributed by atoms with van der Waals surface area (Å²) in [5.41, 5.74) is 7.66. The topological polar surface area (TPSA) is 153 Å². The fourth-order valence-electron chi connectivity index (χ4n) is 4.72. The van der Waals surface area contributed by atoms with Crippen LogP contribution in [0.4, 0.5) is 11.6 Å². The zero-order valence-corrected chi connectivity index (χ0v) is 21.9. The molecule has 1 unspecified atom stereocenters. The number of nitrogens with one attached hydrogen (secondary N) is 3. The molecule has 5 N–H and O–H groups in total. The zero-order chi connectivity index (χ0) is 28.5. The van der Waals surface area contributed by atoms with Crippen LogP contribution in [0.3, 0.4) is 0 Å². The Morgan fingerprint density at radius 3 is 2.73 bits per heavy atom. The van der Waals surface area contributed by atoms with Crippen molar-refractivity contribution in [2.75, 3.05) is 17.6 Å². The zero-order valence-electron chi connectivity index (χ0n) is 21.9. The number of carbonyl (C=O) groups excluding carboxylic acids is 1. The fraction of sp³-hybridized carbons (Fsp3) is 0.100. The predicted octanol–water partition coefficient (Wildman–Crippen LogP) is 2.64. The van der Waals surface area contributed by atoms with Crippen molar-refractivity contribution in [1.29, 1.82) is 0 Å². The van der Waals surface area contributed by atoms with Gasteiger partial charge >= 0.3 is 0 Å². The first kappa shape index (κ1) is 25.4. The van der Waals surface area contributed by atoms with E-state index in [-0.39, 0.29) is 22.5 Å². The van der Waals surface area contributed by atoms with Gasteiger partial charge in [0.15, 0.2) is 5.82 Å². The number of anilines is 2. The van der Waals surface area contributed by atoms with Gasteiger partial charge in [0.25, 0.3) is 11.5 Å². The van der Waals surface area contributed by atoms with E-state index in [4.69, 9.17) is 10.7 Å². The highest BCUT2D eigenvalue weighted by atomic mass is 16.2. The Morgan fingerprint density at radius 2 is 1.93 bits per heavy atom. The number of rotatable bonds is 4. The summed E-state index contributed by atoms with van der Waals surface area (Å²) in [4.78, 5) is 46.6. The first-order valence-electron chi connectivity index (χ1n) is 12.8. The molecular formula is C30H24N8O3. The van der Waals surface area contributed by atoms with Gasteiger partial charge < -0.3 is 21.4 Å². The summed E-state index contributed by atoms with van der Waals surface area (Å²) in [7, 11) is 0. The third kappa shape index (κ3) is 4.74. The number of nitrogens with zero attached hydrogens (tertiary/aromatic N) is 4. The van der Waals surface area contributed by atoms with E-state index in [2.05, 4.69) is 32.6 Å². The SMILES string of the molecule is CC(NC(=O)c1c(N)nn2c1NCC=C2)c1nc2cccc(C#Cc3cc[nH]c(=O)c3)c2c(=O)n1-c1ccccc1. The Balaban J connectivity index is 1.46. The summed E-state index contributed by atoms with van der Waals surface area (Å²) >= 11 is 0. The van der Waals surface area contributed by atoms with E-state index in [1.54, 1.807) is 49.5 Å². The van der Waals surface area contributed by atoms with Gasteiger partial charge in [-0.25, -0.2) is 9.67 Å². The Labute approximate surface area is 233 Å². The van der Waals surface area contributed by atoms with Crippen molar-refractivity contribution in [3.63, 3.8) is 0 Å². The lowest BCUT2D eigenvalue weighted by atomic mass is 10.1. The minimum absolute atomic E-state index is 0.0827. The normalized spacial score (nSPS) is 12.6. The molecule has 11 heteroatoms. The first-order valence-corrected chi connectivity index (χ1v) is 12.8. The summed E-state index contributed by atoms with van der Waals surface area (Å²) in [6.45, 7) is 2.29. The molecule has 11 nitrogen and oxygen atoms in total. The van der Waals surface area contributed by atoms with Crippen molar-refractivity contribution in [1.82, 2.24) is 29.6 Å². The second kappa shape index (κ2) is 10.3.